The molecule has 0 aliphatic carbocycles. The number of rotatable bonds is 3. The molecule has 92 valence electrons. The highest BCUT2D eigenvalue weighted by Crippen LogP contribution is 2.36. The van der Waals surface area contributed by atoms with Crippen molar-refractivity contribution in [2.24, 2.45) is 0 Å². The molecule has 0 spiro atoms. The molecule has 0 aliphatic heterocycles. The first kappa shape index (κ1) is 13.8. The fourth-order valence-corrected chi connectivity index (χ4v) is 1.71. The molecule has 0 unspecified atom stereocenters. The van der Waals surface area contributed by atoms with E-state index in [-0.39, 0.29) is 22.4 Å². The van der Waals surface area contributed by atoms with Crippen LogP contribution in [0.4, 0.5) is 13.2 Å². The fourth-order valence-electron chi connectivity index (χ4n) is 1.17. The Bertz CT molecular complexity index is 428. The minimum Gasteiger partial charge on any atom is -0.289 e. The second-order valence-corrected chi connectivity index (χ2v) is 4.80. The number of benzene rings is 1. The lowest BCUT2D eigenvalue weighted by Gasteiger charge is -2.05. The summed E-state index contributed by atoms with van der Waals surface area (Å²) in [6, 6.07) is 5.39. The molecular weight excluding hydrogens is 249 g/mol. The Kier molecular flexibility index (Phi) is 4.40. The van der Waals surface area contributed by atoms with Crippen molar-refractivity contribution in [3.05, 3.63) is 41.5 Å². The van der Waals surface area contributed by atoms with Crippen LogP contribution in [0, 0.1) is 0 Å². The zero-order chi connectivity index (χ0) is 13.1. The fraction of sp³-hybridized carbons (Fsp3) is 0.250. The van der Waals surface area contributed by atoms with Crippen molar-refractivity contribution in [2.75, 3.05) is 0 Å². The molecule has 1 rings (SSSR count). The van der Waals surface area contributed by atoms with Gasteiger partial charge in [0.15, 0.2) is 5.78 Å². The molecular formula is C12H11F3OS. The zero-order valence-electron chi connectivity index (χ0n) is 9.34. The predicted octanol–water partition coefficient (Wildman–Crippen LogP) is 4.45. The van der Waals surface area contributed by atoms with Crippen LogP contribution >= 0.6 is 11.8 Å². The number of hydrogen-bond acceptors (Lipinski definition) is 2. The third-order valence-electron chi connectivity index (χ3n) is 1.79. The van der Waals surface area contributed by atoms with Crippen LogP contribution in [-0.2, 0) is 0 Å². The summed E-state index contributed by atoms with van der Waals surface area (Å²) in [5.41, 5.74) is -3.06. The Morgan fingerprint density at radius 1 is 1.18 bits per heavy atom. The van der Waals surface area contributed by atoms with Crippen molar-refractivity contribution in [3.63, 3.8) is 0 Å². The van der Waals surface area contributed by atoms with Crippen LogP contribution in [0.5, 0.6) is 0 Å². The summed E-state index contributed by atoms with van der Waals surface area (Å²) < 4.78 is 36.2. The van der Waals surface area contributed by atoms with Gasteiger partial charge in [-0.2, -0.15) is 13.2 Å². The van der Waals surface area contributed by atoms with E-state index in [4.69, 9.17) is 0 Å². The van der Waals surface area contributed by atoms with Gasteiger partial charge in [-0.3, -0.25) is 4.79 Å². The minimum absolute atomic E-state index is 0.0752. The quantitative estimate of drug-likeness (QED) is 0.454. The van der Waals surface area contributed by atoms with E-state index in [0.717, 1.165) is 5.57 Å². The van der Waals surface area contributed by atoms with E-state index in [1.165, 1.54) is 30.3 Å². The highest BCUT2D eigenvalue weighted by atomic mass is 32.2. The Balaban J connectivity index is 2.82. The van der Waals surface area contributed by atoms with Gasteiger partial charge < -0.3 is 0 Å². The Morgan fingerprint density at radius 3 is 2.12 bits per heavy atom. The molecule has 0 fully saturated rings. The SMILES string of the molecule is CC(C)=CC(=O)c1ccc(SC(F)(F)F)cc1. The van der Waals surface area contributed by atoms with E-state index in [1.54, 1.807) is 13.8 Å². The van der Waals surface area contributed by atoms with Crippen LogP contribution in [0.3, 0.4) is 0 Å². The number of hydrogen-bond donors (Lipinski definition) is 0. The van der Waals surface area contributed by atoms with Crippen molar-refractivity contribution in [1.82, 2.24) is 0 Å². The van der Waals surface area contributed by atoms with Gasteiger partial charge in [-0.25, -0.2) is 0 Å². The molecule has 0 aromatic heterocycles. The number of thioether (sulfide) groups is 1. The van der Waals surface area contributed by atoms with Gasteiger partial charge in [-0.15, -0.1) is 0 Å². The van der Waals surface area contributed by atoms with Gasteiger partial charge in [-0.1, -0.05) is 5.57 Å². The summed E-state index contributed by atoms with van der Waals surface area (Å²) in [5, 5.41) is 0. The molecule has 5 heteroatoms. The molecule has 1 aromatic carbocycles. The van der Waals surface area contributed by atoms with Gasteiger partial charge >= 0.3 is 5.51 Å². The van der Waals surface area contributed by atoms with Gasteiger partial charge in [0.25, 0.3) is 0 Å². The number of allylic oxidation sites excluding steroid dienone is 2. The molecule has 0 bridgehead atoms. The highest BCUT2D eigenvalue weighted by molar-refractivity contribution is 8.00. The standard InChI is InChI=1S/C12H11F3OS/c1-8(2)7-11(16)9-3-5-10(6-4-9)17-12(13,14)15/h3-7H,1-2H3. The Morgan fingerprint density at radius 2 is 1.71 bits per heavy atom. The van der Waals surface area contributed by atoms with Crippen LogP contribution < -0.4 is 0 Å². The monoisotopic (exact) mass is 260 g/mol. The summed E-state index contributed by atoms with van der Waals surface area (Å²) in [5.74, 6) is -0.200. The van der Waals surface area contributed by atoms with Crippen molar-refractivity contribution in [2.45, 2.75) is 24.3 Å². The van der Waals surface area contributed by atoms with E-state index in [2.05, 4.69) is 0 Å². The van der Waals surface area contributed by atoms with Gasteiger partial charge in [0, 0.05) is 10.5 Å². The maximum absolute atomic E-state index is 12.1. The lowest BCUT2D eigenvalue weighted by molar-refractivity contribution is -0.0328. The number of alkyl halides is 3. The van der Waals surface area contributed by atoms with Gasteiger partial charge in [0.05, 0.1) is 0 Å². The van der Waals surface area contributed by atoms with E-state index in [0.29, 0.717) is 5.56 Å². The molecule has 0 radical (unpaired) electrons. The summed E-state index contributed by atoms with van der Waals surface area (Å²) in [7, 11) is 0. The highest BCUT2D eigenvalue weighted by Gasteiger charge is 2.29. The smallest absolute Gasteiger partial charge is 0.289 e. The molecule has 0 aliphatic rings. The van der Waals surface area contributed by atoms with Crippen LogP contribution in [0.25, 0.3) is 0 Å². The van der Waals surface area contributed by atoms with Crippen LogP contribution in [0.1, 0.15) is 24.2 Å². The first-order valence-electron chi connectivity index (χ1n) is 4.83. The molecule has 0 N–H and O–H groups in total. The number of ketones is 1. The van der Waals surface area contributed by atoms with E-state index in [9.17, 15) is 18.0 Å². The minimum atomic E-state index is -4.30. The Hall–Kier alpha value is -1.23. The maximum atomic E-state index is 12.1. The van der Waals surface area contributed by atoms with E-state index < -0.39 is 5.51 Å². The van der Waals surface area contributed by atoms with Crippen LogP contribution in [0.2, 0.25) is 0 Å². The summed E-state index contributed by atoms with van der Waals surface area (Å²) in [4.78, 5) is 11.6. The Labute approximate surface area is 102 Å². The number of carbonyl (C=O) groups is 1. The first-order valence-corrected chi connectivity index (χ1v) is 5.64. The molecule has 0 saturated heterocycles. The summed E-state index contributed by atoms with van der Waals surface area (Å²) >= 11 is -0.192. The van der Waals surface area contributed by atoms with Crippen molar-refractivity contribution in [1.29, 1.82) is 0 Å². The van der Waals surface area contributed by atoms with Crippen molar-refractivity contribution in [3.8, 4) is 0 Å². The van der Waals surface area contributed by atoms with Gasteiger partial charge in [0.2, 0.25) is 0 Å². The lowest BCUT2D eigenvalue weighted by atomic mass is 10.1. The van der Waals surface area contributed by atoms with Crippen LogP contribution in [-0.4, -0.2) is 11.3 Å². The van der Waals surface area contributed by atoms with Crippen LogP contribution in [0.15, 0.2) is 40.8 Å². The molecule has 0 atom stereocenters. The third-order valence-corrected chi connectivity index (χ3v) is 2.53. The first-order chi connectivity index (χ1) is 7.78. The summed E-state index contributed by atoms with van der Waals surface area (Å²) in [6.45, 7) is 3.57. The molecule has 0 heterocycles. The second-order valence-electron chi connectivity index (χ2n) is 3.66. The van der Waals surface area contributed by atoms with E-state index in [1.807, 2.05) is 0 Å². The van der Waals surface area contributed by atoms with Gasteiger partial charge in [0.1, 0.15) is 0 Å². The molecule has 1 aromatic rings. The second kappa shape index (κ2) is 5.40. The normalized spacial score (nSPS) is 11.1. The average Bonchev–Trinajstić information content (AvgIpc) is 2.15. The topological polar surface area (TPSA) is 17.1 Å². The summed E-state index contributed by atoms with van der Waals surface area (Å²) in [6.07, 6.45) is 1.45. The largest absolute Gasteiger partial charge is 0.446 e. The molecule has 17 heavy (non-hydrogen) atoms. The third kappa shape index (κ3) is 5.08. The van der Waals surface area contributed by atoms with Gasteiger partial charge in [-0.05, 0) is 56.0 Å². The lowest BCUT2D eigenvalue weighted by Crippen LogP contribution is -1.99. The maximum Gasteiger partial charge on any atom is 0.446 e. The van der Waals surface area contributed by atoms with E-state index >= 15 is 0 Å². The zero-order valence-corrected chi connectivity index (χ0v) is 10.2. The molecule has 0 saturated carbocycles. The predicted molar refractivity (Wildman–Crippen MR) is 62.1 cm³/mol. The van der Waals surface area contributed by atoms with Crippen molar-refractivity contribution < 1.29 is 18.0 Å². The number of halogens is 3. The number of carbonyl (C=O) groups excluding carboxylic acids is 1. The van der Waals surface area contributed by atoms with Crippen molar-refractivity contribution >= 4 is 17.5 Å². The average molecular weight is 260 g/mol. The molecule has 1 nitrogen and oxygen atoms in total. The molecule has 0 amide bonds.